The van der Waals surface area contributed by atoms with Crippen molar-refractivity contribution in [3.8, 4) is 0 Å². The monoisotopic (exact) mass is 260 g/mol. The standard InChI is InChI=1S/C14H20N4O/c1-18(2)9-5-8-15-10-13-16-12-7-4-3-6-11(12)14(19)17-13/h3-4,6-7,15H,5,8-10H2,1-2H3,(H,16,17,19). The van der Waals surface area contributed by atoms with E-state index in [1.54, 1.807) is 6.07 Å². The Kier molecular flexibility index (Phi) is 4.65. The highest BCUT2D eigenvalue weighted by Gasteiger charge is 2.02. The summed E-state index contributed by atoms with van der Waals surface area (Å²) in [6.07, 6.45) is 1.07. The number of benzene rings is 1. The third-order valence-electron chi connectivity index (χ3n) is 2.91. The second-order valence-corrected chi connectivity index (χ2v) is 4.86. The molecule has 2 aromatic rings. The smallest absolute Gasteiger partial charge is 0.258 e. The van der Waals surface area contributed by atoms with Gasteiger partial charge in [-0.15, -0.1) is 0 Å². The molecule has 19 heavy (non-hydrogen) atoms. The van der Waals surface area contributed by atoms with Gasteiger partial charge in [0.05, 0.1) is 17.4 Å². The van der Waals surface area contributed by atoms with E-state index in [2.05, 4.69) is 34.3 Å². The zero-order valence-electron chi connectivity index (χ0n) is 11.4. The van der Waals surface area contributed by atoms with Crippen LogP contribution >= 0.6 is 0 Å². The van der Waals surface area contributed by atoms with Crippen LogP contribution in [0.2, 0.25) is 0 Å². The van der Waals surface area contributed by atoms with Gasteiger partial charge in [0, 0.05) is 0 Å². The number of para-hydroxylation sites is 1. The number of aromatic amines is 1. The Bertz CT molecular complexity index is 591. The predicted molar refractivity (Wildman–Crippen MR) is 77.2 cm³/mol. The molecule has 1 aromatic heterocycles. The van der Waals surface area contributed by atoms with Crippen LogP contribution in [0.15, 0.2) is 29.1 Å². The van der Waals surface area contributed by atoms with Gasteiger partial charge in [0.25, 0.3) is 5.56 Å². The Balaban J connectivity index is 1.96. The number of hydrogen-bond donors (Lipinski definition) is 2. The Morgan fingerprint density at radius 2 is 2.11 bits per heavy atom. The summed E-state index contributed by atoms with van der Waals surface area (Å²) in [6, 6.07) is 7.39. The van der Waals surface area contributed by atoms with Crippen LogP contribution in [0.5, 0.6) is 0 Å². The number of hydrogen-bond acceptors (Lipinski definition) is 4. The first-order chi connectivity index (χ1) is 9.16. The molecular formula is C14H20N4O. The molecule has 0 atom stereocenters. The third kappa shape index (κ3) is 3.87. The zero-order chi connectivity index (χ0) is 13.7. The van der Waals surface area contributed by atoms with Gasteiger partial charge in [-0.3, -0.25) is 4.79 Å². The normalized spacial score (nSPS) is 11.3. The van der Waals surface area contributed by atoms with Gasteiger partial charge < -0.3 is 15.2 Å². The predicted octanol–water partition coefficient (Wildman–Crippen LogP) is 0.964. The summed E-state index contributed by atoms with van der Waals surface area (Å²) in [5.74, 6) is 0.688. The molecule has 0 radical (unpaired) electrons. The minimum absolute atomic E-state index is 0.0734. The fourth-order valence-corrected chi connectivity index (χ4v) is 1.95. The lowest BCUT2D eigenvalue weighted by Crippen LogP contribution is -2.23. The molecule has 5 heteroatoms. The van der Waals surface area contributed by atoms with E-state index in [-0.39, 0.29) is 5.56 Å². The first-order valence-corrected chi connectivity index (χ1v) is 6.50. The van der Waals surface area contributed by atoms with Crippen molar-refractivity contribution in [2.45, 2.75) is 13.0 Å². The van der Waals surface area contributed by atoms with E-state index in [9.17, 15) is 4.79 Å². The second-order valence-electron chi connectivity index (χ2n) is 4.86. The Morgan fingerprint density at radius 1 is 1.32 bits per heavy atom. The maximum atomic E-state index is 11.8. The molecule has 0 aliphatic carbocycles. The van der Waals surface area contributed by atoms with Gasteiger partial charge in [-0.05, 0) is 45.7 Å². The van der Waals surface area contributed by atoms with Gasteiger partial charge >= 0.3 is 0 Å². The molecule has 0 fully saturated rings. The maximum absolute atomic E-state index is 11.8. The van der Waals surface area contributed by atoms with E-state index < -0.39 is 0 Å². The van der Waals surface area contributed by atoms with Crippen LogP contribution in [0.3, 0.4) is 0 Å². The van der Waals surface area contributed by atoms with Crippen LogP contribution < -0.4 is 10.9 Å². The summed E-state index contributed by atoms with van der Waals surface area (Å²) in [4.78, 5) is 21.2. The minimum atomic E-state index is -0.0734. The van der Waals surface area contributed by atoms with Crippen molar-refractivity contribution < 1.29 is 0 Å². The number of nitrogens with one attached hydrogen (secondary N) is 2. The van der Waals surface area contributed by atoms with Crippen molar-refractivity contribution >= 4 is 10.9 Å². The topological polar surface area (TPSA) is 61.0 Å². The molecule has 0 saturated carbocycles. The summed E-state index contributed by atoms with van der Waals surface area (Å²) in [5.41, 5.74) is 0.673. The number of H-pyrrole nitrogens is 1. The Hall–Kier alpha value is -1.72. The Labute approximate surface area is 112 Å². The van der Waals surface area contributed by atoms with E-state index in [1.165, 1.54) is 0 Å². The van der Waals surface area contributed by atoms with Crippen molar-refractivity contribution in [3.05, 3.63) is 40.4 Å². The summed E-state index contributed by atoms with van der Waals surface area (Å²) < 4.78 is 0. The average Bonchev–Trinajstić information content (AvgIpc) is 2.38. The van der Waals surface area contributed by atoms with Crippen LogP contribution in [0, 0.1) is 0 Å². The van der Waals surface area contributed by atoms with Gasteiger partial charge in [-0.25, -0.2) is 4.98 Å². The minimum Gasteiger partial charge on any atom is -0.310 e. The maximum Gasteiger partial charge on any atom is 0.258 e. The van der Waals surface area contributed by atoms with E-state index in [0.29, 0.717) is 17.8 Å². The van der Waals surface area contributed by atoms with E-state index >= 15 is 0 Å². The Morgan fingerprint density at radius 3 is 2.89 bits per heavy atom. The number of rotatable bonds is 6. The molecule has 1 aromatic carbocycles. The van der Waals surface area contributed by atoms with Crippen LogP contribution in [0.25, 0.3) is 10.9 Å². The molecule has 0 amide bonds. The van der Waals surface area contributed by atoms with Gasteiger partial charge in [0.1, 0.15) is 5.82 Å². The van der Waals surface area contributed by atoms with Crippen molar-refractivity contribution in [1.82, 2.24) is 20.2 Å². The summed E-state index contributed by atoms with van der Waals surface area (Å²) in [7, 11) is 4.12. The van der Waals surface area contributed by atoms with E-state index in [4.69, 9.17) is 0 Å². The molecule has 102 valence electrons. The molecule has 0 aliphatic rings. The van der Waals surface area contributed by atoms with Crippen LogP contribution in [-0.2, 0) is 6.54 Å². The first-order valence-electron chi connectivity index (χ1n) is 6.50. The van der Waals surface area contributed by atoms with Crippen LogP contribution in [0.1, 0.15) is 12.2 Å². The molecule has 0 saturated heterocycles. The average molecular weight is 260 g/mol. The number of fused-ring (bicyclic) bond motifs is 1. The lowest BCUT2D eigenvalue weighted by atomic mass is 10.2. The second kappa shape index (κ2) is 6.45. The fourth-order valence-electron chi connectivity index (χ4n) is 1.95. The SMILES string of the molecule is CN(C)CCCNCc1nc2ccccc2c(=O)[nH]1. The van der Waals surface area contributed by atoms with E-state index in [0.717, 1.165) is 25.0 Å². The van der Waals surface area contributed by atoms with Gasteiger partial charge in [-0.2, -0.15) is 0 Å². The molecule has 2 N–H and O–H groups in total. The summed E-state index contributed by atoms with van der Waals surface area (Å²) in [6.45, 7) is 2.55. The van der Waals surface area contributed by atoms with E-state index in [1.807, 2.05) is 18.2 Å². The lowest BCUT2D eigenvalue weighted by Gasteiger charge is -2.09. The van der Waals surface area contributed by atoms with Gasteiger partial charge in [-0.1, -0.05) is 12.1 Å². The lowest BCUT2D eigenvalue weighted by molar-refractivity contribution is 0.394. The summed E-state index contributed by atoms with van der Waals surface area (Å²) in [5, 5.41) is 3.93. The molecule has 2 rings (SSSR count). The molecule has 0 unspecified atom stereocenters. The number of nitrogens with zero attached hydrogens (tertiary/aromatic N) is 2. The van der Waals surface area contributed by atoms with Crippen molar-refractivity contribution in [2.24, 2.45) is 0 Å². The zero-order valence-corrected chi connectivity index (χ0v) is 11.4. The highest BCUT2D eigenvalue weighted by atomic mass is 16.1. The largest absolute Gasteiger partial charge is 0.310 e. The molecule has 0 spiro atoms. The molecule has 5 nitrogen and oxygen atoms in total. The van der Waals surface area contributed by atoms with Crippen LogP contribution in [0.4, 0.5) is 0 Å². The third-order valence-corrected chi connectivity index (χ3v) is 2.91. The highest BCUT2D eigenvalue weighted by molar-refractivity contribution is 5.77. The van der Waals surface area contributed by atoms with Crippen molar-refractivity contribution in [1.29, 1.82) is 0 Å². The molecule has 0 bridgehead atoms. The molecular weight excluding hydrogens is 240 g/mol. The first kappa shape index (κ1) is 13.7. The van der Waals surface area contributed by atoms with Crippen LogP contribution in [-0.4, -0.2) is 42.1 Å². The fraction of sp³-hybridized carbons (Fsp3) is 0.429. The quantitative estimate of drug-likeness (QED) is 0.760. The van der Waals surface area contributed by atoms with Gasteiger partial charge in [0.15, 0.2) is 0 Å². The van der Waals surface area contributed by atoms with Crippen molar-refractivity contribution in [2.75, 3.05) is 27.2 Å². The summed E-state index contributed by atoms with van der Waals surface area (Å²) >= 11 is 0. The van der Waals surface area contributed by atoms with Gasteiger partial charge in [0.2, 0.25) is 0 Å². The molecule has 0 aliphatic heterocycles. The number of aromatic nitrogens is 2. The van der Waals surface area contributed by atoms with Crippen molar-refractivity contribution in [3.63, 3.8) is 0 Å². The highest BCUT2D eigenvalue weighted by Crippen LogP contribution is 2.05. The molecule has 1 heterocycles.